The van der Waals surface area contributed by atoms with E-state index in [1.54, 1.807) is 0 Å². The van der Waals surface area contributed by atoms with Gasteiger partial charge >= 0.3 is 0 Å². The van der Waals surface area contributed by atoms with E-state index in [4.69, 9.17) is 14.4 Å². The molecule has 0 unspecified atom stereocenters. The molecule has 4 nitrogen and oxygen atoms in total. The van der Waals surface area contributed by atoms with Gasteiger partial charge in [0.1, 0.15) is 16.9 Å². The number of para-hydroxylation sites is 4. The van der Waals surface area contributed by atoms with Crippen LogP contribution in [-0.2, 0) is 0 Å². The predicted molar refractivity (Wildman–Crippen MR) is 144 cm³/mol. The molecule has 0 N–H and O–H groups in total. The summed E-state index contributed by atoms with van der Waals surface area (Å²) in [4.78, 5) is 9.99. The molecule has 0 atom stereocenters. The van der Waals surface area contributed by atoms with E-state index >= 15 is 0 Å². The highest BCUT2D eigenvalue weighted by molar-refractivity contribution is 6.07. The number of aryl methyl sites for hydroxylation is 1. The maximum Gasteiger partial charge on any atom is 0.165 e. The van der Waals surface area contributed by atoms with Gasteiger partial charge in [0.15, 0.2) is 5.58 Å². The van der Waals surface area contributed by atoms with Crippen LogP contribution in [0.2, 0.25) is 0 Å². The van der Waals surface area contributed by atoms with Gasteiger partial charge < -0.3 is 4.42 Å². The van der Waals surface area contributed by atoms with Crippen LogP contribution in [0.4, 0.5) is 0 Å². The highest BCUT2D eigenvalue weighted by Gasteiger charge is 2.25. The SMILES string of the molecule is Cc1cnc2c(oc3ccccc32)c1-c1nc2ccccc2n1-c1c(C(C)C)cccc1C(C)C. The number of imidazole rings is 1. The molecule has 4 heteroatoms. The maximum absolute atomic E-state index is 6.45. The molecule has 0 aliphatic rings. The highest BCUT2D eigenvalue weighted by Crippen LogP contribution is 2.41. The lowest BCUT2D eigenvalue weighted by atomic mass is 9.92. The van der Waals surface area contributed by atoms with E-state index in [-0.39, 0.29) is 0 Å². The summed E-state index contributed by atoms with van der Waals surface area (Å²) >= 11 is 0. The average molecular weight is 460 g/mol. The fraction of sp³-hybridized carbons (Fsp3) is 0.226. The van der Waals surface area contributed by atoms with Crippen molar-refractivity contribution < 1.29 is 4.42 Å². The molecule has 6 rings (SSSR count). The summed E-state index contributed by atoms with van der Waals surface area (Å²) in [5, 5.41) is 1.02. The van der Waals surface area contributed by atoms with Crippen molar-refractivity contribution >= 4 is 33.1 Å². The van der Waals surface area contributed by atoms with Crippen LogP contribution in [0, 0.1) is 6.92 Å². The number of pyridine rings is 1. The van der Waals surface area contributed by atoms with E-state index in [2.05, 4.69) is 87.7 Å². The van der Waals surface area contributed by atoms with E-state index in [1.807, 2.05) is 24.4 Å². The van der Waals surface area contributed by atoms with Gasteiger partial charge in [-0.1, -0.05) is 70.2 Å². The lowest BCUT2D eigenvalue weighted by molar-refractivity contribution is 0.668. The second kappa shape index (κ2) is 8.09. The molecular weight excluding hydrogens is 430 g/mol. The molecular formula is C31H29N3O. The standard InChI is InChI=1S/C31H29N3O/c1-18(2)21-12-10-13-22(19(3)4)29(21)34-25-15-8-7-14-24(25)33-31(34)27-20(5)17-32-28-23-11-6-9-16-26(23)35-30(27)28/h6-19H,1-5H3. The lowest BCUT2D eigenvalue weighted by Crippen LogP contribution is -2.09. The molecule has 6 aromatic rings. The van der Waals surface area contributed by atoms with Crippen molar-refractivity contribution in [1.29, 1.82) is 0 Å². The van der Waals surface area contributed by atoms with Crippen LogP contribution in [-0.4, -0.2) is 14.5 Å². The first kappa shape index (κ1) is 21.6. The van der Waals surface area contributed by atoms with Gasteiger partial charge in [-0.05, 0) is 59.7 Å². The first-order valence-electron chi connectivity index (χ1n) is 12.3. The van der Waals surface area contributed by atoms with Gasteiger partial charge in [-0.2, -0.15) is 0 Å². The van der Waals surface area contributed by atoms with E-state index in [0.29, 0.717) is 11.8 Å². The Balaban J connectivity index is 1.80. The zero-order chi connectivity index (χ0) is 24.3. The smallest absolute Gasteiger partial charge is 0.165 e. The molecule has 0 saturated heterocycles. The number of rotatable bonds is 4. The molecule has 174 valence electrons. The summed E-state index contributed by atoms with van der Waals surface area (Å²) < 4.78 is 8.80. The van der Waals surface area contributed by atoms with Crippen molar-refractivity contribution in [3.05, 3.63) is 89.6 Å². The summed E-state index contributed by atoms with van der Waals surface area (Å²) in [7, 11) is 0. The Labute approximate surface area is 205 Å². The summed E-state index contributed by atoms with van der Waals surface area (Å²) in [5.74, 6) is 1.62. The van der Waals surface area contributed by atoms with Crippen molar-refractivity contribution in [2.75, 3.05) is 0 Å². The largest absolute Gasteiger partial charge is 0.454 e. The molecule has 3 aromatic heterocycles. The summed E-state index contributed by atoms with van der Waals surface area (Å²) in [6.07, 6.45) is 1.95. The molecule has 0 fully saturated rings. The number of benzene rings is 3. The van der Waals surface area contributed by atoms with Crippen molar-refractivity contribution in [3.8, 4) is 17.1 Å². The van der Waals surface area contributed by atoms with E-state index in [9.17, 15) is 0 Å². The third kappa shape index (κ3) is 3.28. The lowest BCUT2D eigenvalue weighted by Gasteiger charge is -2.22. The summed E-state index contributed by atoms with van der Waals surface area (Å²) in [6.45, 7) is 11.1. The first-order valence-corrected chi connectivity index (χ1v) is 12.3. The number of nitrogens with zero attached hydrogens (tertiary/aromatic N) is 3. The fourth-order valence-corrected chi connectivity index (χ4v) is 5.20. The predicted octanol–water partition coefficient (Wildman–Crippen LogP) is 8.54. The Morgan fingerprint density at radius 2 is 1.49 bits per heavy atom. The van der Waals surface area contributed by atoms with Gasteiger partial charge in [0.25, 0.3) is 0 Å². The Bertz CT molecular complexity index is 1690. The second-order valence-electron chi connectivity index (χ2n) is 9.95. The highest BCUT2D eigenvalue weighted by atomic mass is 16.3. The van der Waals surface area contributed by atoms with Gasteiger partial charge in [0.05, 0.1) is 22.3 Å². The monoisotopic (exact) mass is 459 g/mol. The minimum absolute atomic E-state index is 0.363. The zero-order valence-corrected chi connectivity index (χ0v) is 20.8. The molecule has 0 aliphatic carbocycles. The molecule has 0 bridgehead atoms. The van der Waals surface area contributed by atoms with Crippen LogP contribution in [0.25, 0.3) is 50.2 Å². The van der Waals surface area contributed by atoms with Crippen LogP contribution in [0.15, 0.2) is 77.3 Å². The number of hydrogen-bond donors (Lipinski definition) is 0. The van der Waals surface area contributed by atoms with Gasteiger partial charge in [-0.15, -0.1) is 0 Å². The van der Waals surface area contributed by atoms with Gasteiger partial charge in [-0.25, -0.2) is 4.98 Å². The number of hydrogen-bond acceptors (Lipinski definition) is 3. The molecule has 35 heavy (non-hydrogen) atoms. The van der Waals surface area contributed by atoms with Crippen LogP contribution in [0.3, 0.4) is 0 Å². The Morgan fingerprint density at radius 3 is 2.23 bits per heavy atom. The summed E-state index contributed by atoms with van der Waals surface area (Å²) in [5.41, 5.74) is 10.5. The molecule has 0 spiro atoms. The van der Waals surface area contributed by atoms with Crippen LogP contribution >= 0.6 is 0 Å². The molecule has 0 saturated carbocycles. The minimum Gasteiger partial charge on any atom is -0.454 e. The Morgan fingerprint density at radius 1 is 0.800 bits per heavy atom. The molecule has 0 radical (unpaired) electrons. The Hall–Kier alpha value is -3.92. The summed E-state index contributed by atoms with van der Waals surface area (Å²) in [6, 6.07) is 23.2. The van der Waals surface area contributed by atoms with Crippen molar-refractivity contribution in [3.63, 3.8) is 0 Å². The van der Waals surface area contributed by atoms with Gasteiger partial charge in [0, 0.05) is 11.6 Å². The first-order chi connectivity index (χ1) is 17.0. The molecule has 3 heterocycles. The van der Waals surface area contributed by atoms with Crippen LogP contribution in [0.5, 0.6) is 0 Å². The van der Waals surface area contributed by atoms with Gasteiger partial charge in [-0.3, -0.25) is 9.55 Å². The second-order valence-corrected chi connectivity index (χ2v) is 9.95. The fourth-order valence-electron chi connectivity index (χ4n) is 5.20. The number of fused-ring (bicyclic) bond motifs is 4. The number of aromatic nitrogens is 3. The van der Waals surface area contributed by atoms with Crippen LogP contribution < -0.4 is 0 Å². The topological polar surface area (TPSA) is 43.9 Å². The minimum atomic E-state index is 0.363. The molecule has 0 aliphatic heterocycles. The molecule has 0 amide bonds. The third-order valence-corrected chi connectivity index (χ3v) is 6.93. The van der Waals surface area contributed by atoms with Gasteiger partial charge in [0.2, 0.25) is 0 Å². The number of furan rings is 1. The van der Waals surface area contributed by atoms with E-state index in [1.165, 1.54) is 16.8 Å². The molecule has 3 aromatic carbocycles. The van der Waals surface area contributed by atoms with Crippen molar-refractivity contribution in [2.45, 2.75) is 46.5 Å². The normalized spacial score (nSPS) is 12.1. The zero-order valence-electron chi connectivity index (χ0n) is 20.8. The van der Waals surface area contributed by atoms with Crippen LogP contribution in [0.1, 0.15) is 56.2 Å². The van der Waals surface area contributed by atoms with Crippen molar-refractivity contribution in [2.24, 2.45) is 0 Å². The van der Waals surface area contributed by atoms with E-state index < -0.39 is 0 Å². The Kier molecular flexibility index (Phi) is 4.99. The van der Waals surface area contributed by atoms with Crippen molar-refractivity contribution in [1.82, 2.24) is 14.5 Å². The quantitative estimate of drug-likeness (QED) is 0.265. The van der Waals surface area contributed by atoms with E-state index in [0.717, 1.165) is 50.1 Å². The third-order valence-electron chi connectivity index (χ3n) is 6.93. The maximum atomic E-state index is 6.45. The average Bonchev–Trinajstić information content (AvgIpc) is 3.41.